The molecule has 0 amide bonds. The van der Waals surface area contributed by atoms with Crippen molar-refractivity contribution >= 4 is 28.0 Å². The molecule has 0 saturated heterocycles. The third-order valence-corrected chi connectivity index (χ3v) is 19.4. The molecule has 0 heterocycles. The Morgan fingerprint density at radius 1 is 0.676 bits per heavy atom. The minimum Gasteiger partial charge on any atom is -1.00 e. The second-order valence-electron chi connectivity index (χ2n) is 10.7. The van der Waals surface area contributed by atoms with Gasteiger partial charge in [-0.25, -0.2) is 0 Å². The third-order valence-electron chi connectivity index (χ3n) is 7.48. The minimum absolute atomic E-state index is 0. The van der Waals surface area contributed by atoms with Crippen LogP contribution < -0.4 is 24.8 Å². The SMILES string of the molecule is CCCCP(CCCC)C1=Cc2ccccc2[CH]1[Zr+2][CH]1C(P(C(C)C)C(C)C)=Cc2ccccc21.[Cl-].[Cl-]. The largest absolute Gasteiger partial charge is 1.00 e. The number of hydrogen-bond donors (Lipinski definition) is 0. The first-order valence-electron chi connectivity index (χ1n) is 13.9. The number of fused-ring (bicyclic) bond motifs is 2. The molecule has 37 heavy (non-hydrogen) atoms. The first-order valence-corrected chi connectivity index (χ1v) is 19.9. The fraction of sp³-hybridized carbons (Fsp3) is 0.500. The monoisotopic (exact) mass is 650 g/mol. The summed E-state index contributed by atoms with van der Waals surface area (Å²) in [4.78, 5) is 0. The molecule has 0 fully saturated rings. The smallest absolute Gasteiger partial charge is 1.00 e. The van der Waals surface area contributed by atoms with Gasteiger partial charge in [-0.3, -0.25) is 0 Å². The molecular formula is C32H44Cl2P2Zr. The van der Waals surface area contributed by atoms with E-state index in [1.54, 1.807) is 16.7 Å². The van der Waals surface area contributed by atoms with E-state index in [1.165, 1.54) is 43.6 Å². The molecule has 0 saturated carbocycles. The van der Waals surface area contributed by atoms with E-state index in [4.69, 9.17) is 0 Å². The summed E-state index contributed by atoms with van der Waals surface area (Å²) in [5, 5.41) is 3.73. The molecule has 0 aromatic heterocycles. The first kappa shape index (κ1) is 33.4. The Labute approximate surface area is 253 Å². The van der Waals surface area contributed by atoms with E-state index < -0.39 is 23.2 Å². The van der Waals surface area contributed by atoms with Crippen molar-refractivity contribution in [2.24, 2.45) is 0 Å². The molecule has 2 aliphatic rings. The van der Waals surface area contributed by atoms with E-state index in [-0.39, 0.29) is 40.7 Å². The summed E-state index contributed by atoms with van der Waals surface area (Å²) in [7, 11) is -0.124. The molecule has 2 aromatic carbocycles. The van der Waals surface area contributed by atoms with Crippen molar-refractivity contribution in [1.82, 2.24) is 0 Å². The van der Waals surface area contributed by atoms with Crippen LogP contribution in [0.1, 0.15) is 96.7 Å². The van der Waals surface area contributed by atoms with Gasteiger partial charge in [0.15, 0.2) is 0 Å². The van der Waals surface area contributed by atoms with E-state index in [0.717, 1.165) is 18.6 Å². The van der Waals surface area contributed by atoms with Crippen molar-refractivity contribution < 1.29 is 48.0 Å². The zero-order valence-corrected chi connectivity index (χ0v) is 29.2. The van der Waals surface area contributed by atoms with Gasteiger partial charge < -0.3 is 24.8 Å². The quantitative estimate of drug-likeness (QED) is 0.293. The van der Waals surface area contributed by atoms with E-state index >= 15 is 0 Å². The maximum Gasteiger partial charge on any atom is -1.00 e. The molecule has 2 unspecified atom stereocenters. The number of benzene rings is 2. The van der Waals surface area contributed by atoms with Crippen molar-refractivity contribution in [3.8, 4) is 0 Å². The van der Waals surface area contributed by atoms with E-state index in [1.807, 2.05) is 10.6 Å². The van der Waals surface area contributed by atoms with Crippen LogP contribution in [0.15, 0.2) is 59.2 Å². The number of rotatable bonds is 12. The van der Waals surface area contributed by atoms with Crippen molar-refractivity contribution in [2.45, 2.75) is 85.8 Å². The van der Waals surface area contributed by atoms with E-state index in [2.05, 4.69) is 102 Å². The Morgan fingerprint density at radius 3 is 1.57 bits per heavy atom. The van der Waals surface area contributed by atoms with Gasteiger partial charge in [-0.15, -0.1) is 0 Å². The van der Waals surface area contributed by atoms with Crippen molar-refractivity contribution in [3.05, 3.63) is 81.4 Å². The molecule has 2 atom stereocenters. The average molecular weight is 653 g/mol. The predicted molar refractivity (Wildman–Crippen MR) is 158 cm³/mol. The van der Waals surface area contributed by atoms with Crippen LogP contribution in [0.25, 0.3) is 12.2 Å². The molecule has 0 aliphatic heterocycles. The maximum atomic E-state index is 2.68. The number of allylic oxidation sites excluding steroid dienone is 2. The Balaban J connectivity index is 0.00000241. The fourth-order valence-corrected chi connectivity index (χ4v) is 19.5. The summed E-state index contributed by atoms with van der Waals surface area (Å²) in [6, 6.07) is 18.8. The number of halogens is 2. The molecule has 4 rings (SSSR count). The van der Waals surface area contributed by atoms with Crippen LogP contribution in [-0.4, -0.2) is 23.6 Å². The van der Waals surface area contributed by atoms with Gasteiger partial charge in [0.2, 0.25) is 0 Å². The van der Waals surface area contributed by atoms with Crippen LogP contribution >= 0.6 is 15.8 Å². The molecule has 0 radical (unpaired) electrons. The zero-order chi connectivity index (χ0) is 24.9. The number of hydrogen-bond acceptors (Lipinski definition) is 0. The second kappa shape index (κ2) is 15.9. The van der Waals surface area contributed by atoms with Gasteiger partial charge in [-0.05, 0) is 0 Å². The van der Waals surface area contributed by atoms with E-state index in [9.17, 15) is 0 Å². The van der Waals surface area contributed by atoms with Crippen LogP contribution in [0.4, 0.5) is 0 Å². The van der Waals surface area contributed by atoms with Crippen LogP contribution in [0.2, 0.25) is 0 Å². The normalized spacial score (nSPS) is 17.8. The molecule has 0 spiro atoms. The first-order chi connectivity index (χ1) is 17.0. The maximum absolute atomic E-state index is 2.68. The van der Waals surface area contributed by atoms with Crippen LogP contribution in [-0.2, 0) is 23.2 Å². The Morgan fingerprint density at radius 2 is 1.11 bits per heavy atom. The minimum atomic E-state index is -0.829. The van der Waals surface area contributed by atoms with Gasteiger partial charge in [-0.2, -0.15) is 0 Å². The molecule has 0 bridgehead atoms. The molecule has 0 N–H and O–H groups in total. The van der Waals surface area contributed by atoms with Gasteiger partial charge in [0, 0.05) is 0 Å². The van der Waals surface area contributed by atoms with Crippen molar-refractivity contribution in [1.29, 1.82) is 0 Å². The van der Waals surface area contributed by atoms with Crippen molar-refractivity contribution in [2.75, 3.05) is 12.3 Å². The van der Waals surface area contributed by atoms with Gasteiger partial charge in [0.05, 0.1) is 0 Å². The molecule has 200 valence electrons. The molecule has 2 aromatic rings. The average Bonchev–Trinajstić information content (AvgIpc) is 3.38. The summed E-state index contributed by atoms with van der Waals surface area (Å²) in [5.74, 6) is 0. The van der Waals surface area contributed by atoms with Crippen LogP contribution in [0.5, 0.6) is 0 Å². The summed E-state index contributed by atoms with van der Waals surface area (Å²) in [6.45, 7) is 14.6. The summed E-state index contributed by atoms with van der Waals surface area (Å²) >= 11 is -0.829. The number of unbranched alkanes of at least 4 members (excludes halogenated alkanes) is 2. The van der Waals surface area contributed by atoms with Gasteiger partial charge in [0.1, 0.15) is 0 Å². The van der Waals surface area contributed by atoms with Gasteiger partial charge in [-0.1, -0.05) is 0 Å². The molecule has 2 aliphatic carbocycles. The fourth-order valence-electron chi connectivity index (χ4n) is 5.89. The standard InChI is InChI=1S/C17H24P.C15H20P.2ClH.Zr/c1-3-5-11-18(12-6-4-2)17-13-15-9-7-8-10-16(15)14-17;1-11(2)16(12(3)4)15-9-13-7-5-6-8-14(13)10-15;;;/h7-10,13-14H,3-6,11-12H2,1-2H3;5-12H,1-4H3;2*1H;/q;;;;+2/p-2. The van der Waals surface area contributed by atoms with E-state index in [0.29, 0.717) is 0 Å². The Hall–Kier alpha value is 0.243. The van der Waals surface area contributed by atoms with Crippen LogP contribution in [0.3, 0.4) is 0 Å². The zero-order valence-electron chi connectivity index (χ0n) is 23.5. The summed E-state index contributed by atoms with van der Waals surface area (Å²) in [5.41, 5.74) is 7.92. The third kappa shape index (κ3) is 7.71. The summed E-state index contributed by atoms with van der Waals surface area (Å²) < 4.78 is 1.49. The van der Waals surface area contributed by atoms with Crippen LogP contribution in [0, 0.1) is 0 Å². The summed E-state index contributed by atoms with van der Waals surface area (Å²) in [6.07, 6.45) is 13.6. The van der Waals surface area contributed by atoms with Gasteiger partial charge in [0.25, 0.3) is 0 Å². The Bertz CT molecular complexity index is 1050. The second-order valence-corrected chi connectivity index (χ2v) is 20.3. The predicted octanol–water partition coefficient (Wildman–Crippen LogP) is 4.65. The molecule has 0 nitrogen and oxygen atoms in total. The molecular weight excluding hydrogens is 608 g/mol. The van der Waals surface area contributed by atoms with Crippen molar-refractivity contribution in [3.63, 3.8) is 0 Å². The molecule has 5 heteroatoms. The Kier molecular flexibility index (Phi) is 14.4. The topological polar surface area (TPSA) is 0 Å². The van der Waals surface area contributed by atoms with Gasteiger partial charge >= 0.3 is 231 Å².